The first-order valence-electron chi connectivity index (χ1n) is 6.89. The Morgan fingerprint density at radius 3 is 2.62 bits per heavy atom. The molecule has 0 atom stereocenters. The van der Waals surface area contributed by atoms with Crippen molar-refractivity contribution in [1.29, 1.82) is 0 Å². The maximum Gasteiger partial charge on any atom is 0.271 e. The predicted octanol–water partition coefficient (Wildman–Crippen LogP) is 2.50. The van der Waals surface area contributed by atoms with Gasteiger partial charge in [-0.15, -0.1) is 0 Å². The molecule has 0 saturated heterocycles. The van der Waals surface area contributed by atoms with Crippen molar-refractivity contribution in [3.8, 4) is 11.3 Å². The van der Waals surface area contributed by atoms with Gasteiger partial charge in [0, 0.05) is 20.8 Å². The Labute approximate surface area is 145 Å². The number of carbonyl (C=O) groups is 1. The smallest absolute Gasteiger partial charge is 0.271 e. The highest BCUT2D eigenvalue weighted by molar-refractivity contribution is 9.10. The summed E-state index contributed by atoms with van der Waals surface area (Å²) in [4.78, 5) is 12.2. The molecular formula is C16H11BrN4O3. The van der Waals surface area contributed by atoms with Gasteiger partial charge in [0.15, 0.2) is 0 Å². The summed E-state index contributed by atoms with van der Waals surface area (Å²) < 4.78 is 5.47. The molecule has 2 aromatic carbocycles. The Morgan fingerprint density at radius 1 is 1.21 bits per heavy atom. The first-order chi connectivity index (χ1) is 11.6. The molecule has 0 aliphatic carbocycles. The summed E-state index contributed by atoms with van der Waals surface area (Å²) >= 11 is 3.30. The van der Waals surface area contributed by atoms with E-state index in [0.29, 0.717) is 16.8 Å². The van der Waals surface area contributed by atoms with Crippen molar-refractivity contribution in [2.24, 2.45) is 5.10 Å². The van der Waals surface area contributed by atoms with Crippen molar-refractivity contribution in [3.63, 3.8) is 0 Å². The zero-order valence-corrected chi connectivity index (χ0v) is 13.8. The van der Waals surface area contributed by atoms with Crippen molar-refractivity contribution in [2.75, 3.05) is 0 Å². The van der Waals surface area contributed by atoms with E-state index in [1.54, 1.807) is 36.4 Å². The molecule has 1 amide bonds. The number of amides is 1. The molecule has 0 saturated carbocycles. The Hall–Kier alpha value is -3.00. The van der Waals surface area contributed by atoms with Crippen LogP contribution in [0.2, 0.25) is 0 Å². The molecule has 0 radical (unpaired) electrons. The zero-order valence-electron chi connectivity index (χ0n) is 12.2. The number of aromatic nitrogens is 2. The summed E-state index contributed by atoms with van der Waals surface area (Å²) in [6.07, 6.45) is 1.20. The molecule has 0 unspecified atom stereocenters. The summed E-state index contributed by atoms with van der Waals surface area (Å²) in [6, 6.07) is 15.8. The van der Waals surface area contributed by atoms with Gasteiger partial charge in [-0.25, -0.2) is 5.43 Å². The van der Waals surface area contributed by atoms with Crippen LogP contribution in [0.4, 0.5) is 0 Å². The zero-order chi connectivity index (χ0) is 16.9. The molecule has 0 bridgehead atoms. The number of rotatable bonds is 4. The first kappa shape index (κ1) is 15.9. The van der Waals surface area contributed by atoms with Crippen molar-refractivity contribution in [3.05, 3.63) is 75.5 Å². The number of hydrogen-bond acceptors (Lipinski definition) is 5. The van der Waals surface area contributed by atoms with Crippen LogP contribution in [-0.2, 0) is 0 Å². The average Bonchev–Trinajstić information content (AvgIpc) is 2.97. The minimum absolute atomic E-state index is 0.0947. The van der Waals surface area contributed by atoms with E-state index in [4.69, 9.17) is 0 Å². The van der Waals surface area contributed by atoms with Crippen LogP contribution in [0.5, 0.6) is 0 Å². The van der Waals surface area contributed by atoms with Crippen LogP contribution >= 0.6 is 15.9 Å². The van der Waals surface area contributed by atoms with Gasteiger partial charge in [0.05, 0.1) is 0 Å². The van der Waals surface area contributed by atoms with E-state index >= 15 is 0 Å². The lowest BCUT2D eigenvalue weighted by Gasteiger charge is -1.99. The van der Waals surface area contributed by atoms with Gasteiger partial charge < -0.3 is 5.21 Å². The minimum atomic E-state index is -0.395. The van der Waals surface area contributed by atoms with Gasteiger partial charge in [0.2, 0.25) is 5.69 Å². The topological polar surface area (TPSA) is 94.4 Å². The lowest BCUT2D eigenvalue weighted by Crippen LogP contribution is -2.28. The Morgan fingerprint density at radius 2 is 1.92 bits per heavy atom. The summed E-state index contributed by atoms with van der Waals surface area (Å²) in [7, 11) is 0. The molecule has 1 N–H and O–H groups in total. The molecule has 8 heteroatoms. The summed E-state index contributed by atoms with van der Waals surface area (Å²) in [5, 5.41) is 19.2. The van der Waals surface area contributed by atoms with Gasteiger partial charge in [-0.05, 0) is 29.2 Å². The lowest BCUT2D eigenvalue weighted by molar-refractivity contribution is -0.803. The molecule has 3 aromatic rings. The maximum absolute atomic E-state index is 12.0. The molecular weight excluding hydrogens is 376 g/mol. The normalized spacial score (nSPS) is 10.9. The number of carbonyl (C=O) groups excluding carboxylic acids is 1. The molecule has 120 valence electrons. The highest BCUT2D eigenvalue weighted by atomic mass is 79.9. The van der Waals surface area contributed by atoms with Crippen LogP contribution < -0.4 is 10.3 Å². The largest absolute Gasteiger partial charge is 0.359 e. The van der Waals surface area contributed by atoms with E-state index < -0.39 is 5.91 Å². The molecule has 3 rings (SSSR count). The number of nitrogens with one attached hydrogen (secondary N) is 1. The van der Waals surface area contributed by atoms with Gasteiger partial charge in [0.25, 0.3) is 11.6 Å². The van der Waals surface area contributed by atoms with Crippen LogP contribution in [0.25, 0.3) is 11.3 Å². The monoisotopic (exact) mass is 386 g/mol. The third-order valence-electron chi connectivity index (χ3n) is 3.15. The van der Waals surface area contributed by atoms with Crippen LogP contribution in [0.3, 0.4) is 0 Å². The molecule has 24 heavy (non-hydrogen) atoms. The fraction of sp³-hybridized carbons (Fsp3) is 0. The fourth-order valence-corrected chi connectivity index (χ4v) is 2.24. The molecule has 0 spiro atoms. The van der Waals surface area contributed by atoms with Gasteiger partial charge >= 0.3 is 0 Å². The number of nitrogens with zero attached hydrogens (tertiary/aromatic N) is 3. The van der Waals surface area contributed by atoms with Crippen molar-refractivity contribution in [2.45, 2.75) is 0 Å². The predicted molar refractivity (Wildman–Crippen MR) is 90.1 cm³/mol. The summed E-state index contributed by atoms with van der Waals surface area (Å²) in [6.45, 7) is 0. The Bertz CT molecular complexity index is 876. The SMILES string of the molecule is O=C(N/N=C/c1c(-c2ccccc2)no[n+]1[O-])c1ccc(Br)cc1. The quantitative estimate of drug-likeness (QED) is 0.423. The van der Waals surface area contributed by atoms with Crippen molar-refractivity contribution in [1.82, 2.24) is 10.6 Å². The van der Waals surface area contributed by atoms with E-state index in [1.165, 1.54) is 6.21 Å². The second-order valence-electron chi connectivity index (χ2n) is 4.74. The molecule has 0 fully saturated rings. The third-order valence-corrected chi connectivity index (χ3v) is 3.68. The fourth-order valence-electron chi connectivity index (χ4n) is 1.98. The standard InChI is InChI=1S/C16H11BrN4O3/c17-13-8-6-12(7-9-13)16(22)19-18-10-14-15(20-24-21(14)23)11-4-2-1-3-5-11/h1-10H,(H,19,22)/b18-10+. The number of hydrogen-bond donors (Lipinski definition) is 1. The molecule has 7 nitrogen and oxygen atoms in total. The van der Waals surface area contributed by atoms with E-state index in [9.17, 15) is 10.0 Å². The van der Waals surface area contributed by atoms with E-state index in [1.807, 2.05) is 18.2 Å². The molecule has 1 heterocycles. The van der Waals surface area contributed by atoms with Gasteiger partial charge in [-0.2, -0.15) is 5.10 Å². The average molecular weight is 387 g/mol. The van der Waals surface area contributed by atoms with Gasteiger partial charge in [-0.3, -0.25) is 9.42 Å². The van der Waals surface area contributed by atoms with E-state index in [-0.39, 0.29) is 10.6 Å². The van der Waals surface area contributed by atoms with Crippen LogP contribution in [0.1, 0.15) is 16.1 Å². The number of hydrazone groups is 1. The van der Waals surface area contributed by atoms with Gasteiger partial charge in [-0.1, -0.05) is 46.3 Å². The summed E-state index contributed by atoms with van der Waals surface area (Å²) in [5.41, 5.74) is 3.94. The first-order valence-corrected chi connectivity index (χ1v) is 7.68. The molecule has 0 aliphatic rings. The van der Waals surface area contributed by atoms with Crippen LogP contribution in [-0.4, -0.2) is 17.3 Å². The van der Waals surface area contributed by atoms with Crippen molar-refractivity contribution < 1.29 is 14.3 Å². The van der Waals surface area contributed by atoms with Crippen LogP contribution in [0, 0.1) is 5.21 Å². The van der Waals surface area contributed by atoms with E-state index in [2.05, 4.69) is 36.2 Å². The second-order valence-corrected chi connectivity index (χ2v) is 5.65. The number of benzene rings is 2. The molecule has 1 aromatic heterocycles. The lowest BCUT2D eigenvalue weighted by atomic mass is 10.1. The van der Waals surface area contributed by atoms with E-state index in [0.717, 1.165) is 4.47 Å². The van der Waals surface area contributed by atoms with Gasteiger partial charge in [0.1, 0.15) is 6.21 Å². The minimum Gasteiger partial charge on any atom is -0.359 e. The maximum atomic E-state index is 12.0. The highest BCUT2D eigenvalue weighted by Gasteiger charge is 2.19. The Balaban J connectivity index is 1.77. The summed E-state index contributed by atoms with van der Waals surface area (Å²) in [5.74, 6) is -0.395. The van der Waals surface area contributed by atoms with Crippen molar-refractivity contribution >= 4 is 28.1 Å². The third kappa shape index (κ3) is 3.49. The Kier molecular flexibility index (Phi) is 4.66. The second kappa shape index (κ2) is 7.05. The molecule has 0 aliphatic heterocycles. The number of halogens is 1. The van der Waals surface area contributed by atoms with Crippen LogP contribution in [0.15, 0.2) is 68.8 Å². The highest BCUT2D eigenvalue weighted by Crippen LogP contribution is 2.17.